The number of oxazole rings is 1. The molecule has 2 N–H and O–H groups in total. The zero-order valence-electron chi connectivity index (χ0n) is 8.72. The maximum atomic E-state index is 5.72. The Morgan fingerprint density at radius 1 is 1.24 bits per heavy atom. The molecule has 0 aliphatic carbocycles. The van der Waals surface area contributed by atoms with Gasteiger partial charge in [0.05, 0.1) is 0 Å². The fourth-order valence-electron chi connectivity index (χ4n) is 1.59. The summed E-state index contributed by atoms with van der Waals surface area (Å²) in [5.41, 5.74) is 8.49. The van der Waals surface area contributed by atoms with E-state index >= 15 is 0 Å². The van der Waals surface area contributed by atoms with Gasteiger partial charge >= 0.3 is 0 Å². The van der Waals surface area contributed by atoms with E-state index < -0.39 is 0 Å². The summed E-state index contributed by atoms with van der Waals surface area (Å²) in [6.07, 6.45) is 1.68. The normalized spacial score (nSPS) is 10.9. The number of nitrogen functional groups attached to an aromatic ring is 1. The predicted molar refractivity (Wildman–Crippen MR) is 69.4 cm³/mol. The average Bonchev–Trinajstić information content (AvgIpc) is 2.72. The van der Waals surface area contributed by atoms with E-state index in [1.807, 2.05) is 30.3 Å². The molecule has 0 saturated heterocycles. The molecule has 2 heterocycles. The molecule has 2 aromatic heterocycles. The molecule has 0 radical (unpaired) electrons. The molecule has 0 aliphatic heterocycles. The van der Waals surface area contributed by atoms with Crippen LogP contribution in [0, 0.1) is 0 Å². The molecule has 84 valence electrons. The van der Waals surface area contributed by atoms with Gasteiger partial charge in [0.2, 0.25) is 11.6 Å². The van der Waals surface area contributed by atoms with Crippen molar-refractivity contribution in [2.24, 2.45) is 0 Å². The van der Waals surface area contributed by atoms with Gasteiger partial charge in [0.1, 0.15) is 5.52 Å². The molecule has 1 aromatic carbocycles. The fraction of sp³-hybridized carbons (Fsp3) is 0. The van der Waals surface area contributed by atoms with Crippen molar-refractivity contribution < 1.29 is 4.42 Å². The van der Waals surface area contributed by atoms with Crippen LogP contribution in [0.3, 0.4) is 0 Å². The van der Waals surface area contributed by atoms with Crippen molar-refractivity contribution in [1.29, 1.82) is 0 Å². The first-order valence-corrected chi connectivity index (χ1v) is 5.80. The Balaban J connectivity index is 2.18. The Morgan fingerprint density at radius 3 is 2.94 bits per heavy atom. The summed E-state index contributed by atoms with van der Waals surface area (Å²) in [6.45, 7) is 0. The lowest BCUT2D eigenvalue weighted by molar-refractivity contribution is 0.608. The standard InChI is InChI=1S/C12H8BrN3O/c13-8-5-10-12(15-6-8)17-11(16-10)7-2-1-3-9(14)4-7/h1-6H,14H2. The minimum Gasteiger partial charge on any atom is -0.418 e. The van der Waals surface area contributed by atoms with Crippen LogP contribution in [0.4, 0.5) is 5.69 Å². The quantitative estimate of drug-likeness (QED) is 0.699. The molecular weight excluding hydrogens is 282 g/mol. The van der Waals surface area contributed by atoms with Gasteiger partial charge in [-0.2, -0.15) is 0 Å². The van der Waals surface area contributed by atoms with Gasteiger partial charge in [-0.3, -0.25) is 0 Å². The number of aromatic nitrogens is 2. The number of fused-ring (bicyclic) bond motifs is 1. The van der Waals surface area contributed by atoms with Crippen molar-refractivity contribution in [1.82, 2.24) is 9.97 Å². The van der Waals surface area contributed by atoms with E-state index in [-0.39, 0.29) is 0 Å². The Kier molecular flexibility index (Phi) is 2.33. The zero-order valence-corrected chi connectivity index (χ0v) is 10.3. The second-order valence-corrected chi connectivity index (χ2v) is 4.54. The molecule has 0 saturated carbocycles. The summed E-state index contributed by atoms with van der Waals surface area (Å²) in [6, 6.07) is 9.27. The molecule has 0 spiro atoms. The van der Waals surface area contributed by atoms with E-state index in [9.17, 15) is 0 Å². The number of nitrogens with two attached hydrogens (primary N) is 1. The maximum Gasteiger partial charge on any atom is 0.247 e. The van der Waals surface area contributed by atoms with Crippen LogP contribution in [-0.4, -0.2) is 9.97 Å². The molecule has 0 fully saturated rings. The van der Waals surface area contributed by atoms with Crippen LogP contribution in [0.1, 0.15) is 0 Å². The molecule has 0 unspecified atom stereocenters. The topological polar surface area (TPSA) is 64.9 Å². The molecule has 3 aromatic rings. The van der Waals surface area contributed by atoms with E-state index in [2.05, 4.69) is 25.9 Å². The first-order valence-electron chi connectivity index (χ1n) is 5.00. The van der Waals surface area contributed by atoms with Crippen molar-refractivity contribution in [2.75, 3.05) is 5.73 Å². The second-order valence-electron chi connectivity index (χ2n) is 3.62. The number of benzene rings is 1. The van der Waals surface area contributed by atoms with Crippen LogP contribution in [0.2, 0.25) is 0 Å². The maximum absolute atomic E-state index is 5.72. The van der Waals surface area contributed by atoms with E-state index in [4.69, 9.17) is 10.2 Å². The van der Waals surface area contributed by atoms with E-state index in [1.165, 1.54) is 0 Å². The van der Waals surface area contributed by atoms with Gasteiger partial charge < -0.3 is 10.2 Å². The van der Waals surface area contributed by atoms with E-state index in [1.54, 1.807) is 6.20 Å². The Hall–Kier alpha value is -1.88. The molecule has 0 aliphatic rings. The number of anilines is 1. The molecule has 0 amide bonds. The van der Waals surface area contributed by atoms with Gasteiger partial charge in [0.15, 0.2) is 0 Å². The Labute approximate surface area is 106 Å². The van der Waals surface area contributed by atoms with Gasteiger partial charge in [0.25, 0.3) is 0 Å². The SMILES string of the molecule is Nc1cccc(-c2nc3cc(Br)cnc3o2)c1. The van der Waals surface area contributed by atoms with Crippen molar-refractivity contribution in [3.8, 4) is 11.5 Å². The minimum atomic E-state index is 0.519. The van der Waals surface area contributed by atoms with Crippen LogP contribution in [-0.2, 0) is 0 Å². The number of hydrogen-bond donors (Lipinski definition) is 1. The Morgan fingerprint density at radius 2 is 2.12 bits per heavy atom. The predicted octanol–water partition coefficient (Wildman–Crippen LogP) is 3.23. The smallest absolute Gasteiger partial charge is 0.247 e. The first kappa shape index (κ1) is 10.3. The summed E-state index contributed by atoms with van der Waals surface area (Å²) in [4.78, 5) is 8.51. The largest absolute Gasteiger partial charge is 0.418 e. The number of halogens is 1. The highest BCUT2D eigenvalue weighted by Gasteiger charge is 2.09. The first-order chi connectivity index (χ1) is 8.22. The summed E-state index contributed by atoms with van der Waals surface area (Å²) < 4.78 is 6.44. The molecule has 4 nitrogen and oxygen atoms in total. The molecular formula is C12H8BrN3O. The summed E-state index contributed by atoms with van der Waals surface area (Å²) in [5, 5.41) is 0. The fourth-order valence-corrected chi connectivity index (χ4v) is 1.91. The van der Waals surface area contributed by atoms with Crippen LogP contribution in [0.5, 0.6) is 0 Å². The molecule has 5 heteroatoms. The summed E-state index contributed by atoms with van der Waals surface area (Å²) >= 11 is 3.35. The van der Waals surface area contributed by atoms with Gasteiger partial charge in [-0.05, 0) is 40.2 Å². The highest BCUT2D eigenvalue weighted by atomic mass is 79.9. The van der Waals surface area contributed by atoms with Crippen molar-refractivity contribution in [3.63, 3.8) is 0 Å². The summed E-state index contributed by atoms with van der Waals surface area (Å²) in [5.74, 6) is 0.526. The van der Waals surface area contributed by atoms with Crippen LogP contribution < -0.4 is 5.73 Å². The summed E-state index contributed by atoms with van der Waals surface area (Å²) in [7, 11) is 0. The van der Waals surface area contributed by atoms with Crippen molar-refractivity contribution in [3.05, 3.63) is 41.0 Å². The van der Waals surface area contributed by atoms with Crippen molar-refractivity contribution >= 4 is 32.8 Å². The lowest BCUT2D eigenvalue weighted by atomic mass is 10.2. The Bertz CT molecular complexity index is 693. The number of hydrogen-bond acceptors (Lipinski definition) is 4. The van der Waals surface area contributed by atoms with Gasteiger partial charge in [0, 0.05) is 21.9 Å². The van der Waals surface area contributed by atoms with Gasteiger partial charge in [-0.15, -0.1) is 0 Å². The number of pyridine rings is 1. The lowest BCUT2D eigenvalue weighted by Gasteiger charge is -1.95. The third-order valence-corrected chi connectivity index (χ3v) is 2.78. The lowest BCUT2D eigenvalue weighted by Crippen LogP contribution is -1.84. The second kappa shape index (κ2) is 3.85. The molecule has 0 bridgehead atoms. The molecule has 17 heavy (non-hydrogen) atoms. The zero-order chi connectivity index (χ0) is 11.8. The van der Waals surface area contributed by atoms with Crippen molar-refractivity contribution in [2.45, 2.75) is 0 Å². The minimum absolute atomic E-state index is 0.519. The average molecular weight is 290 g/mol. The van der Waals surface area contributed by atoms with Gasteiger partial charge in [-0.1, -0.05) is 6.07 Å². The number of nitrogens with zero attached hydrogens (tertiary/aromatic N) is 2. The van der Waals surface area contributed by atoms with Crippen LogP contribution in [0.15, 0.2) is 45.4 Å². The molecule has 3 rings (SSSR count). The molecule has 0 atom stereocenters. The van der Waals surface area contributed by atoms with Crippen LogP contribution in [0.25, 0.3) is 22.7 Å². The third kappa shape index (κ3) is 1.89. The van der Waals surface area contributed by atoms with E-state index in [0.29, 0.717) is 17.3 Å². The number of rotatable bonds is 1. The van der Waals surface area contributed by atoms with Crippen LogP contribution >= 0.6 is 15.9 Å². The third-order valence-electron chi connectivity index (χ3n) is 2.35. The van der Waals surface area contributed by atoms with Gasteiger partial charge in [-0.25, -0.2) is 9.97 Å². The van der Waals surface area contributed by atoms with E-state index in [0.717, 1.165) is 15.6 Å². The highest BCUT2D eigenvalue weighted by molar-refractivity contribution is 9.10. The monoisotopic (exact) mass is 289 g/mol. The highest BCUT2D eigenvalue weighted by Crippen LogP contribution is 2.25.